The van der Waals surface area contributed by atoms with E-state index < -0.39 is 0 Å². The first-order valence-corrected chi connectivity index (χ1v) is 8.44. The minimum Gasteiger partial charge on any atom is -0.356 e. The summed E-state index contributed by atoms with van der Waals surface area (Å²) in [5.74, 6) is 3.81. The summed E-state index contributed by atoms with van der Waals surface area (Å²) in [4.78, 5) is 4.57. The Bertz CT molecular complexity index is 421. The van der Waals surface area contributed by atoms with Crippen LogP contribution in [0.15, 0.2) is 4.99 Å². The number of nitrogens with one attached hydrogen (secondary N) is 2. The Morgan fingerprint density at radius 1 is 1.29 bits per heavy atom. The van der Waals surface area contributed by atoms with Crippen LogP contribution in [-0.2, 0) is 13.6 Å². The third kappa shape index (κ3) is 7.89. The van der Waals surface area contributed by atoms with Gasteiger partial charge in [0, 0.05) is 20.1 Å². The van der Waals surface area contributed by atoms with Gasteiger partial charge in [-0.15, -0.1) is 34.2 Å². The van der Waals surface area contributed by atoms with Crippen molar-refractivity contribution in [3.63, 3.8) is 0 Å². The van der Waals surface area contributed by atoms with E-state index in [4.69, 9.17) is 0 Å². The van der Waals surface area contributed by atoms with Crippen LogP contribution in [0.4, 0.5) is 0 Å². The smallest absolute Gasteiger partial charge is 0.191 e. The molecule has 0 radical (unpaired) electrons. The van der Waals surface area contributed by atoms with E-state index in [2.05, 4.69) is 39.0 Å². The van der Waals surface area contributed by atoms with E-state index in [0.717, 1.165) is 49.3 Å². The molecule has 0 spiro atoms. The molecule has 0 bridgehead atoms. The summed E-state index contributed by atoms with van der Waals surface area (Å²) >= 11 is 1.86. The molecule has 1 aromatic heterocycles. The van der Waals surface area contributed by atoms with E-state index >= 15 is 0 Å². The molecule has 0 aliphatic carbocycles. The van der Waals surface area contributed by atoms with Gasteiger partial charge in [0.05, 0.1) is 0 Å². The Balaban J connectivity index is 0.00000400. The topological polar surface area (TPSA) is 67.1 Å². The van der Waals surface area contributed by atoms with E-state index in [0.29, 0.717) is 6.54 Å². The van der Waals surface area contributed by atoms with Crippen LogP contribution in [0.25, 0.3) is 0 Å². The van der Waals surface area contributed by atoms with Crippen LogP contribution in [-0.4, -0.2) is 45.8 Å². The normalized spacial score (nSPS) is 11.1. The second-order valence-corrected chi connectivity index (χ2v) is 5.57. The molecule has 0 saturated heterocycles. The summed E-state index contributed by atoms with van der Waals surface area (Å²) in [6.07, 6.45) is 4.34. The molecule has 1 heterocycles. The number of aliphatic imine (C=N–C) groups is 1. The van der Waals surface area contributed by atoms with Gasteiger partial charge >= 0.3 is 0 Å². The zero-order chi connectivity index (χ0) is 14.8. The van der Waals surface area contributed by atoms with Crippen molar-refractivity contribution in [3.05, 3.63) is 11.6 Å². The molecular formula is C13H27IN6S. The van der Waals surface area contributed by atoms with Gasteiger partial charge in [0.25, 0.3) is 0 Å². The first-order valence-electron chi connectivity index (χ1n) is 7.05. The lowest BCUT2D eigenvalue weighted by molar-refractivity contribution is 0.738. The molecular weight excluding hydrogens is 399 g/mol. The van der Waals surface area contributed by atoms with Crippen LogP contribution < -0.4 is 10.6 Å². The zero-order valence-corrected chi connectivity index (χ0v) is 16.5. The zero-order valence-electron chi connectivity index (χ0n) is 13.3. The average molecular weight is 426 g/mol. The highest BCUT2D eigenvalue weighted by atomic mass is 127. The molecule has 122 valence electrons. The molecule has 0 atom stereocenters. The monoisotopic (exact) mass is 426 g/mol. The Kier molecular flexibility index (Phi) is 11.8. The van der Waals surface area contributed by atoms with E-state index in [9.17, 15) is 0 Å². The predicted octanol–water partition coefficient (Wildman–Crippen LogP) is 1.94. The first-order chi connectivity index (χ1) is 9.69. The first kappa shape index (κ1) is 20.5. The Hall–Kier alpha value is -0.510. The van der Waals surface area contributed by atoms with Gasteiger partial charge in [0.15, 0.2) is 11.8 Å². The number of thioether (sulfide) groups is 1. The van der Waals surface area contributed by atoms with Gasteiger partial charge in [0.1, 0.15) is 12.4 Å². The molecule has 0 aromatic carbocycles. The molecule has 21 heavy (non-hydrogen) atoms. The fourth-order valence-electron chi connectivity index (χ4n) is 1.58. The summed E-state index contributed by atoms with van der Waals surface area (Å²) < 4.78 is 1.97. The van der Waals surface area contributed by atoms with Crippen molar-refractivity contribution in [1.29, 1.82) is 0 Å². The highest BCUT2D eigenvalue weighted by Crippen LogP contribution is 1.99. The van der Waals surface area contributed by atoms with E-state index in [-0.39, 0.29) is 24.0 Å². The van der Waals surface area contributed by atoms with Gasteiger partial charge in [-0.25, -0.2) is 4.99 Å². The van der Waals surface area contributed by atoms with Crippen LogP contribution in [0.2, 0.25) is 0 Å². The third-order valence-corrected chi connectivity index (χ3v) is 3.62. The standard InChI is InChI=1S/C13H26N6S.HI/c1-5-7-14-13(15-8-6-9-20-4)16-10-12-18-17-11(2)19(12)3;/h5-10H2,1-4H3,(H2,14,15,16);1H. The number of hydrogen-bond donors (Lipinski definition) is 2. The molecule has 2 N–H and O–H groups in total. The summed E-state index contributed by atoms with van der Waals surface area (Å²) in [7, 11) is 1.96. The number of guanidine groups is 1. The van der Waals surface area contributed by atoms with Crippen molar-refractivity contribution in [3.8, 4) is 0 Å². The Morgan fingerprint density at radius 2 is 2.00 bits per heavy atom. The second-order valence-electron chi connectivity index (χ2n) is 4.59. The van der Waals surface area contributed by atoms with E-state index in [1.54, 1.807) is 0 Å². The second kappa shape index (κ2) is 12.1. The van der Waals surface area contributed by atoms with Crippen molar-refractivity contribution < 1.29 is 0 Å². The van der Waals surface area contributed by atoms with Crippen LogP contribution in [0.1, 0.15) is 31.4 Å². The van der Waals surface area contributed by atoms with Gasteiger partial charge in [-0.1, -0.05) is 6.92 Å². The van der Waals surface area contributed by atoms with Crippen molar-refractivity contribution in [2.75, 3.05) is 25.1 Å². The van der Waals surface area contributed by atoms with E-state index in [1.807, 2.05) is 30.3 Å². The molecule has 0 fully saturated rings. The maximum atomic E-state index is 4.57. The number of nitrogens with zero attached hydrogens (tertiary/aromatic N) is 4. The molecule has 0 amide bonds. The lowest BCUT2D eigenvalue weighted by Crippen LogP contribution is -2.38. The Labute approximate surface area is 149 Å². The molecule has 0 saturated carbocycles. The van der Waals surface area contributed by atoms with Crippen LogP contribution in [0.3, 0.4) is 0 Å². The average Bonchev–Trinajstić information content (AvgIpc) is 2.77. The predicted molar refractivity (Wildman–Crippen MR) is 102 cm³/mol. The van der Waals surface area contributed by atoms with Crippen molar-refractivity contribution in [1.82, 2.24) is 25.4 Å². The van der Waals surface area contributed by atoms with Crippen LogP contribution >= 0.6 is 35.7 Å². The maximum Gasteiger partial charge on any atom is 0.191 e. The van der Waals surface area contributed by atoms with Gasteiger partial charge in [-0.3, -0.25) is 0 Å². The largest absolute Gasteiger partial charge is 0.356 e. The molecule has 8 heteroatoms. The summed E-state index contributed by atoms with van der Waals surface area (Å²) in [6, 6.07) is 0. The number of aromatic nitrogens is 3. The minimum absolute atomic E-state index is 0. The lowest BCUT2D eigenvalue weighted by Gasteiger charge is -2.11. The van der Waals surface area contributed by atoms with Crippen LogP contribution in [0, 0.1) is 6.92 Å². The fourth-order valence-corrected chi connectivity index (χ4v) is 2.01. The minimum atomic E-state index is 0. The van der Waals surface area contributed by atoms with Gasteiger partial charge in [-0.2, -0.15) is 11.8 Å². The highest BCUT2D eigenvalue weighted by Gasteiger charge is 2.04. The van der Waals surface area contributed by atoms with Crippen molar-refractivity contribution in [2.45, 2.75) is 33.2 Å². The molecule has 6 nitrogen and oxygen atoms in total. The number of hydrogen-bond acceptors (Lipinski definition) is 4. The van der Waals surface area contributed by atoms with Crippen LogP contribution in [0.5, 0.6) is 0 Å². The highest BCUT2D eigenvalue weighted by molar-refractivity contribution is 14.0. The van der Waals surface area contributed by atoms with Crippen molar-refractivity contribution in [2.24, 2.45) is 12.0 Å². The van der Waals surface area contributed by atoms with Gasteiger partial charge in [-0.05, 0) is 31.8 Å². The Morgan fingerprint density at radius 3 is 2.57 bits per heavy atom. The van der Waals surface area contributed by atoms with E-state index in [1.165, 1.54) is 0 Å². The molecule has 0 aliphatic rings. The SMILES string of the molecule is CCCNC(=NCc1nnc(C)n1C)NCCCSC.I. The van der Waals surface area contributed by atoms with Gasteiger partial charge in [0.2, 0.25) is 0 Å². The lowest BCUT2D eigenvalue weighted by atomic mass is 10.4. The van der Waals surface area contributed by atoms with Crippen molar-refractivity contribution >= 4 is 41.7 Å². The summed E-state index contributed by atoms with van der Waals surface area (Å²) in [5, 5.41) is 14.8. The molecule has 0 unspecified atom stereocenters. The summed E-state index contributed by atoms with van der Waals surface area (Å²) in [5.41, 5.74) is 0. The number of rotatable bonds is 8. The third-order valence-electron chi connectivity index (χ3n) is 2.92. The van der Waals surface area contributed by atoms with Gasteiger partial charge < -0.3 is 15.2 Å². The molecule has 0 aliphatic heterocycles. The maximum absolute atomic E-state index is 4.57. The molecule has 1 aromatic rings. The quantitative estimate of drug-likeness (QED) is 0.288. The molecule has 1 rings (SSSR count). The number of aryl methyl sites for hydroxylation is 1. The fraction of sp³-hybridized carbons (Fsp3) is 0.769. The number of halogens is 1. The summed E-state index contributed by atoms with van der Waals surface area (Å²) in [6.45, 7) is 6.49.